The van der Waals surface area contributed by atoms with Gasteiger partial charge in [-0.3, -0.25) is 4.79 Å². The second kappa shape index (κ2) is 9.80. The topological polar surface area (TPSA) is 76.2 Å². The Labute approximate surface area is 159 Å². The molecule has 1 aromatic heterocycles. The van der Waals surface area contributed by atoms with Crippen molar-refractivity contribution in [1.29, 1.82) is 0 Å². The summed E-state index contributed by atoms with van der Waals surface area (Å²) in [5.41, 5.74) is 0. The van der Waals surface area contributed by atoms with Gasteiger partial charge in [0.05, 0.1) is 19.1 Å². The van der Waals surface area contributed by atoms with Gasteiger partial charge in [-0.1, -0.05) is 0 Å². The van der Waals surface area contributed by atoms with Crippen LogP contribution < -0.4 is 0 Å². The van der Waals surface area contributed by atoms with Crippen molar-refractivity contribution in [1.82, 2.24) is 9.21 Å². The molecule has 0 radical (unpaired) electrons. The van der Waals surface area contributed by atoms with E-state index < -0.39 is 10.0 Å². The normalized spacial score (nSPS) is 18.8. The summed E-state index contributed by atoms with van der Waals surface area (Å²) in [4.78, 5) is 15.6. The van der Waals surface area contributed by atoms with Gasteiger partial charge in [-0.05, 0) is 31.9 Å². The Bertz CT molecular complexity index is 681. The standard InChI is InChI=1S/C17H28N2O5S2/c1-14-6-7-16(25-14)26(21,22)19-8-4-5-15(13-19)17(20)18(9-11-23-2)10-12-24-3/h6-7,15H,4-5,8-13H2,1-3H3. The molecule has 1 saturated heterocycles. The highest BCUT2D eigenvalue weighted by Crippen LogP contribution is 2.28. The molecule has 2 heterocycles. The van der Waals surface area contributed by atoms with Crippen LogP contribution in [0.2, 0.25) is 0 Å². The highest BCUT2D eigenvalue weighted by Gasteiger charge is 2.35. The molecule has 1 unspecified atom stereocenters. The highest BCUT2D eigenvalue weighted by atomic mass is 32.2. The number of carbonyl (C=O) groups is 1. The fourth-order valence-corrected chi connectivity index (χ4v) is 6.00. The Morgan fingerprint density at radius 2 is 1.92 bits per heavy atom. The molecule has 1 fully saturated rings. The second-order valence-electron chi connectivity index (χ2n) is 6.38. The molecule has 0 aromatic carbocycles. The lowest BCUT2D eigenvalue weighted by Crippen LogP contribution is -2.48. The van der Waals surface area contributed by atoms with E-state index in [2.05, 4.69) is 0 Å². The van der Waals surface area contributed by atoms with E-state index in [1.54, 1.807) is 31.3 Å². The van der Waals surface area contributed by atoms with E-state index in [9.17, 15) is 13.2 Å². The summed E-state index contributed by atoms with van der Waals surface area (Å²) in [6.45, 7) is 4.42. The molecule has 9 heteroatoms. The first-order chi connectivity index (χ1) is 12.4. The van der Waals surface area contributed by atoms with Crippen molar-refractivity contribution in [2.45, 2.75) is 24.0 Å². The molecular formula is C17H28N2O5S2. The molecule has 0 N–H and O–H groups in total. The molecule has 2 rings (SSSR count). The Morgan fingerprint density at radius 1 is 1.27 bits per heavy atom. The van der Waals surface area contributed by atoms with Gasteiger partial charge < -0.3 is 14.4 Å². The van der Waals surface area contributed by atoms with Gasteiger partial charge in [-0.25, -0.2) is 8.42 Å². The van der Waals surface area contributed by atoms with E-state index in [1.165, 1.54) is 15.6 Å². The summed E-state index contributed by atoms with van der Waals surface area (Å²) in [5.74, 6) is -0.352. The minimum absolute atomic E-state index is 0.0265. The van der Waals surface area contributed by atoms with Crippen LogP contribution >= 0.6 is 11.3 Å². The molecule has 0 bridgehead atoms. The first-order valence-electron chi connectivity index (χ1n) is 8.73. The van der Waals surface area contributed by atoms with Crippen molar-refractivity contribution in [3.8, 4) is 0 Å². The number of piperidine rings is 1. The lowest BCUT2D eigenvalue weighted by Gasteiger charge is -2.34. The Morgan fingerprint density at radius 3 is 2.46 bits per heavy atom. The second-order valence-corrected chi connectivity index (χ2v) is 9.83. The lowest BCUT2D eigenvalue weighted by atomic mass is 9.98. The molecule has 148 valence electrons. The number of sulfonamides is 1. The number of ether oxygens (including phenoxy) is 2. The Balaban J connectivity index is 2.09. The average molecular weight is 405 g/mol. The lowest BCUT2D eigenvalue weighted by molar-refractivity contribution is -0.138. The van der Waals surface area contributed by atoms with E-state index in [1.807, 2.05) is 6.92 Å². The van der Waals surface area contributed by atoms with Gasteiger partial charge in [0.2, 0.25) is 5.91 Å². The van der Waals surface area contributed by atoms with Gasteiger partial charge in [0.15, 0.2) is 0 Å². The maximum atomic E-state index is 12.9. The largest absolute Gasteiger partial charge is 0.383 e. The number of carbonyl (C=O) groups excluding carboxylic acids is 1. The van der Waals surface area contributed by atoms with Crippen LogP contribution in [0.5, 0.6) is 0 Å². The Kier molecular flexibility index (Phi) is 8.03. The van der Waals surface area contributed by atoms with Crippen molar-refractivity contribution in [3.63, 3.8) is 0 Å². The maximum Gasteiger partial charge on any atom is 0.252 e. The average Bonchev–Trinajstić information content (AvgIpc) is 3.09. The SMILES string of the molecule is COCCN(CCOC)C(=O)C1CCCN(S(=O)(=O)c2ccc(C)s2)C1. The van der Waals surface area contributed by atoms with Crippen LogP contribution in [-0.4, -0.2) is 77.1 Å². The van der Waals surface area contributed by atoms with E-state index in [0.717, 1.165) is 4.88 Å². The van der Waals surface area contributed by atoms with Crippen LogP contribution in [0.15, 0.2) is 16.3 Å². The van der Waals surface area contributed by atoms with Crippen molar-refractivity contribution in [3.05, 3.63) is 17.0 Å². The summed E-state index contributed by atoms with van der Waals surface area (Å²) in [5, 5.41) is 0. The van der Waals surface area contributed by atoms with Gasteiger partial charge in [0.25, 0.3) is 10.0 Å². The smallest absolute Gasteiger partial charge is 0.252 e. The fraction of sp³-hybridized carbons (Fsp3) is 0.706. The van der Waals surface area contributed by atoms with Crippen molar-refractivity contribution >= 4 is 27.3 Å². The maximum absolute atomic E-state index is 12.9. The zero-order valence-electron chi connectivity index (χ0n) is 15.6. The molecule has 0 aliphatic carbocycles. The van der Waals surface area contributed by atoms with Crippen LogP contribution in [0.25, 0.3) is 0 Å². The summed E-state index contributed by atoms with van der Waals surface area (Å²) < 4.78 is 37.7. The number of thiophene rings is 1. The number of hydrogen-bond donors (Lipinski definition) is 0. The highest BCUT2D eigenvalue weighted by molar-refractivity contribution is 7.91. The third kappa shape index (κ3) is 5.26. The van der Waals surface area contributed by atoms with Crippen LogP contribution in [0, 0.1) is 12.8 Å². The van der Waals surface area contributed by atoms with Crippen molar-refractivity contribution in [2.24, 2.45) is 5.92 Å². The number of hydrogen-bond acceptors (Lipinski definition) is 6. The number of amides is 1. The molecular weight excluding hydrogens is 376 g/mol. The number of nitrogens with zero attached hydrogens (tertiary/aromatic N) is 2. The molecule has 1 aromatic rings. The molecule has 1 amide bonds. The zero-order valence-corrected chi connectivity index (χ0v) is 17.3. The molecule has 1 aliphatic rings. The molecule has 26 heavy (non-hydrogen) atoms. The predicted octanol–water partition coefficient (Wildman–Crippen LogP) is 1.58. The fourth-order valence-electron chi connectivity index (χ4n) is 3.03. The molecule has 0 saturated carbocycles. The van der Waals surface area contributed by atoms with E-state index in [0.29, 0.717) is 49.9 Å². The first kappa shape index (κ1) is 21.3. The molecule has 7 nitrogen and oxygen atoms in total. The van der Waals surface area contributed by atoms with Gasteiger partial charge in [0.1, 0.15) is 4.21 Å². The van der Waals surface area contributed by atoms with Crippen molar-refractivity contribution in [2.75, 3.05) is 53.6 Å². The van der Waals surface area contributed by atoms with Gasteiger partial charge in [-0.15, -0.1) is 11.3 Å². The van der Waals surface area contributed by atoms with Crippen LogP contribution in [0.1, 0.15) is 17.7 Å². The number of aryl methyl sites for hydroxylation is 1. The number of methoxy groups -OCH3 is 2. The van der Waals surface area contributed by atoms with Crippen molar-refractivity contribution < 1.29 is 22.7 Å². The molecule has 1 atom stereocenters. The third-order valence-corrected chi connectivity index (χ3v) is 7.82. The summed E-state index contributed by atoms with van der Waals surface area (Å²) >= 11 is 1.27. The predicted molar refractivity (Wildman–Crippen MR) is 101 cm³/mol. The van der Waals surface area contributed by atoms with Crippen LogP contribution in [-0.2, 0) is 24.3 Å². The van der Waals surface area contributed by atoms with Gasteiger partial charge >= 0.3 is 0 Å². The summed E-state index contributed by atoms with van der Waals surface area (Å²) in [7, 11) is -0.347. The third-order valence-electron chi connectivity index (χ3n) is 4.49. The van der Waals surface area contributed by atoms with E-state index in [4.69, 9.17) is 9.47 Å². The monoisotopic (exact) mass is 404 g/mol. The van der Waals surface area contributed by atoms with Crippen LogP contribution in [0.4, 0.5) is 0 Å². The molecule has 1 aliphatic heterocycles. The summed E-state index contributed by atoms with van der Waals surface area (Å²) in [6, 6.07) is 3.45. The minimum Gasteiger partial charge on any atom is -0.383 e. The summed E-state index contributed by atoms with van der Waals surface area (Å²) in [6.07, 6.45) is 1.38. The quantitative estimate of drug-likeness (QED) is 0.625. The van der Waals surface area contributed by atoms with Gasteiger partial charge in [-0.2, -0.15) is 4.31 Å². The first-order valence-corrected chi connectivity index (χ1v) is 11.0. The number of rotatable bonds is 9. The van der Waals surface area contributed by atoms with E-state index >= 15 is 0 Å². The van der Waals surface area contributed by atoms with Gasteiger partial charge in [0, 0.05) is 45.3 Å². The minimum atomic E-state index is -3.54. The van der Waals surface area contributed by atoms with E-state index in [-0.39, 0.29) is 18.4 Å². The van der Waals surface area contributed by atoms with Crippen LogP contribution in [0.3, 0.4) is 0 Å². The Hall–Kier alpha value is -1.00. The zero-order chi connectivity index (χ0) is 19.2. The molecule has 0 spiro atoms.